The molecule has 1 fully saturated rings. The predicted molar refractivity (Wildman–Crippen MR) is 65.4 cm³/mol. The Hall–Kier alpha value is -1.68. The molecule has 1 N–H and O–H groups in total. The molecule has 4 nitrogen and oxygen atoms in total. The zero-order chi connectivity index (χ0) is 11.5. The van der Waals surface area contributed by atoms with Crippen molar-refractivity contribution in [2.24, 2.45) is 0 Å². The maximum Gasteiger partial charge on any atom is 0.0951 e. The average molecular weight is 228 g/mol. The van der Waals surface area contributed by atoms with E-state index in [2.05, 4.69) is 25.9 Å². The van der Waals surface area contributed by atoms with Crippen molar-refractivity contribution in [2.75, 3.05) is 0 Å². The second kappa shape index (κ2) is 4.67. The largest absolute Gasteiger partial charge is 0.329 e. The molecule has 0 aliphatic heterocycles. The fourth-order valence-electron chi connectivity index (χ4n) is 1.86. The van der Waals surface area contributed by atoms with Crippen LogP contribution in [0, 0.1) is 0 Å². The second-order valence-electron chi connectivity index (χ2n) is 4.53. The summed E-state index contributed by atoms with van der Waals surface area (Å²) >= 11 is 0. The highest BCUT2D eigenvalue weighted by molar-refractivity contribution is 5.11. The molecular weight excluding hydrogens is 212 g/mol. The Morgan fingerprint density at radius 2 is 2.24 bits per heavy atom. The molecule has 4 heteroatoms. The van der Waals surface area contributed by atoms with Crippen molar-refractivity contribution in [3.05, 3.63) is 48.3 Å². The lowest BCUT2D eigenvalue weighted by atomic mass is 10.3. The summed E-state index contributed by atoms with van der Waals surface area (Å²) in [5.41, 5.74) is 2.44. The number of hydrogen-bond acceptors (Lipinski definition) is 3. The summed E-state index contributed by atoms with van der Waals surface area (Å²) in [6, 6.07) is 4.79. The Labute approximate surface area is 101 Å². The highest BCUT2D eigenvalue weighted by atomic mass is 15.1. The minimum Gasteiger partial charge on any atom is -0.329 e. The number of imidazole rings is 1. The molecule has 0 saturated heterocycles. The first kappa shape index (κ1) is 10.5. The molecule has 0 unspecified atom stereocenters. The van der Waals surface area contributed by atoms with E-state index >= 15 is 0 Å². The number of nitrogens with zero attached hydrogens (tertiary/aromatic N) is 3. The van der Waals surface area contributed by atoms with Crippen LogP contribution in [0.1, 0.15) is 24.1 Å². The topological polar surface area (TPSA) is 42.7 Å². The van der Waals surface area contributed by atoms with Crippen molar-refractivity contribution < 1.29 is 0 Å². The fraction of sp³-hybridized carbons (Fsp3) is 0.385. The summed E-state index contributed by atoms with van der Waals surface area (Å²) in [6.45, 7) is 1.75. The Morgan fingerprint density at radius 1 is 1.29 bits per heavy atom. The van der Waals surface area contributed by atoms with Crippen LogP contribution in [0.4, 0.5) is 0 Å². The van der Waals surface area contributed by atoms with Crippen LogP contribution in [0.3, 0.4) is 0 Å². The van der Waals surface area contributed by atoms with Gasteiger partial charge in [-0.15, -0.1) is 0 Å². The van der Waals surface area contributed by atoms with Gasteiger partial charge in [0.1, 0.15) is 0 Å². The third-order valence-electron chi connectivity index (χ3n) is 3.02. The molecule has 1 saturated carbocycles. The van der Waals surface area contributed by atoms with Gasteiger partial charge in [0.05, 0.1) is 18.6 Å². The SMILES string of the molecule is c1cncc(Cn2cncc2CNC2CC2)c1. The first-order valence-corrected chi connectivity index (χ1v) is 6.03. The van der Waals surface area contributed by atoms with E-state index in [1.54, 1.807) is 6.20 Å². The molecule has 0 radical (unpaired) electrons. The van der Waals surface area contributed by atoms with Crippen molar-refractivity contribution in [3.63, 3.8) is 0 Å². The van der Waals surface area contributed by atoms with Crippen LogP contribution in [-0.2, 0) is 13.1 Å². The van der Waals surface area contributed by atoms with E-state index < -0.39 is 0 Å². The van der Waals surface area contributed by atoms with E-state index in [4.69, 9.17) is 0 Å². The van der Waals surface area contributed by atoms with Gasteiger partial charge in [0.15, 0.2) is 0 Å². The fourth-order valence-corrected chi connectivity index (χ4v) is 1.86. The molecule has 0 atom stereocenters. The first-order valence-electron chi connectivity index (χ1n) is 6.03. The third kappa shape index (κ3) is 2.71. The molecule has 0 bridgehead atoms. The summed E-state index contributed by atoms with van der Waals surface area (Å²) in [7, 11) is 0. The summed E-state index contributed by atoms with van der Waals surface area (Å²) < 4.78 is 2.17. The van der Waals surface area contributed by atoms with Crippen LogP contribution in [0.25, 0.3) is 0 Å². The molecule has 2 heterocycles. The van der Waals surface area contributed by atoms with Gasteiger partial charge in [-0.3, -0.25) is 4.98 Å². The number of pyridine rings is 1. The molecule has 2 aromatic heterocycles. The van der Waals surface area contributed by atoms with E-state index in [0.717, 1.165) is 19.1 Å². The van der Waals surface area contributed by atoms with Crippen LogP contribution in [0.15, 0.2) is 37.1 Å². The van der Waals surface area contributed by atoms with Gasteiger partial charge >= 0.3 is 0 Å². The third-order valence-corrected chi connectivity index (χ3v) is 3.02. The molecular formula is C13H16N4. The van der Waals surface area contributed by atoms with E-state index in [9.17, 15) is 0 Å². The zero-order valence-electron chi connectivity index (χ0n) is 9.71. The van der Waals surface area contributed by atoms with Crippen LogP contribution in [0.2, 0.25) is 0 Å². The Kier molecular flexibility index (Phi) is 2.88. The van der Waals surface area contributed by atoms with Crippen molar-refractivity contribution in [2.45, 2.75) is 32.0 Å². The number of aromatic nitrogens is 3. The van der Waals surface area contributed by atoms with Crippen molar-refractivity contribution in [3.8, 4) is 0 Å². The molecule has 0 aromatic carbocycles. The molecule has 17 heavy (non-hydrogen) atoms. The lowest BCUT2D eigenvalue weighted by Gasteiger charge is -2.08. The van der Waals surface area contributed by atoms with Gasteiger partial charge in [-0.05, 0) is 24.5 Å². The van der Waals surface area contributed by atoms with Gasteiger partial charge in [-0.25, -0.2) is 4.98 Å². The lowest BCUT2D eigenvalue weighted by molar-refractivity contribution is 0.634. The van der Waals surface area contributed by atoms with E-state index in [1.165, 1.54) is 24.1 Å². The predicted octanol–water partition coefficient (Wildman–Crippen LogP) is 1.58. The first-order chi connectivity index (χ1) is 8.42. The number of hydrogen-bond donors (Lipinski definition) is 1. The molecule has 0 spiro atoms. The Balaban J connectivity index is 1.67. The van der Waals surface area contributed by atoms with Gasteiger partial charge in [0.2, 0.25) is 0 Å². The highest BCUT2D eigenvalue weighted by Gasteiger charge is 2.20. The lowest BCUT2D eigenvalue weighted by Crippen LogP contribution is -2.18. The van der Waals surface area contributed by atoms with Gasteiger partial charge in [-0.2, -0.15) is 0 Å². The van der Waals surface area contributed by atoms with Crippen molar-refractivity contribution in [1.82, 2.24) is 19.9 Å². The van der Waals surface area contributed by atoms with Crippen LogP contribution in [-0.4, -0.2) is 20.6 Å². The highest BCUT2D eigenvalue weighted by Crippen LogP contribution is 2.19. The number of rotatable bonds is 5. The maximum atomic E-state index is 4.22. The number of nitrogens with one attached hydrogen (secondary N) is 1. The second-order valence-corrected chi connectivity index (χ2v) is 4.53. The van der Waals surface area contributed by atoms with E-state index in [1.807, 2.05) is 24.8 Å². The minimum atomic E-state index is 0.733. The molecule has 0 amide bonds. The molecule has 88 valence electrons. The smallest absolute Gasteiger partial charge is 0.0951 e. The standard InChI is InChI=1S/C13H16N4/c1-2-11(6-14-5-1)9-17-10-15-7-13(17)8-16-12-3-4-12/h1-2,5-7,10,12,16H,3-4,8-9H2. The van der Waals surface area contributed by atoms with Crippen molar-refractivity contribution in [1.29, 1.82) is 0 Å². The minimum absolute atomic E-state index is 0.733. The Morgan fingerprint density at radius 3 is 3.00 bits per heavy atom. The van der Waals surface area contributed by atoms with Gasteiger partial charge in [0, 0.05) is 31.2 Å². The van der Waals surface area contributed by atoms with E-state index in [-0.39, 0.29) is 0 Å². The van der Waals surface area contributed by atoms with Gasteiger partial charge in [0.25, 0.3) is 0 Å². The Bertz CT molecular complexity index is 473. The van der Waals surface area contributed by atoms with Gasteiger partial charge in [-0.1, -0.05) is 6.07 Å². The van der Waals surface area contributed by atoms with Crippen LogP contribution >= 0.6 is 0 Å². The van der Waals surface area contributed by atoms with Crippen molar-refractivity contribution >= 4 is 0 Å². The van der Waals surface area contributed by atoms with Crippen LogP contribution < -0.4 is 5.32 Å². The molecule has 3 rings (SSSR count). The van der Waals surface area contributed by atoms with E-state index in [0.29, 0.717) is 0 Å². The quantitative estimate of drug-likeness (QED) is 0.845. The zero-order valence-corrected chi connectivity index (χ0v) is 9.71. The maximum absolute atomic E-state index is 4.22. The summed E-state index contributed by atoms with van der Waals surface area (Å²) in [5, 5.41) is 3.51. The normalized spacial score (nSPS) is 15.1. The molecule has 1 aliphatic rings. The van der Waals surface area contributed by atoms with Gasteiger partial charge < -0.3 is 9.88 Å². The van der Waals surface area contributed by atoms with Crippen LogP contribution in [0.5, 0.6) is 0 Å². The monoisotopic (exact) mass is 228 g/mol. The molecule has 2 aromatic rings. The summed E-state index contributed by atoms with van der Waals surface area (Å²) in [4.78, 5) is 8.35. The molecule has 1 aliphatic carbocycles. The summed E-state index contributed by atoms with van der Waals surface area (Å²) in [6.07, 6.45) is 10.2. The summed E-state index contributed by atoms with van der Waals surface area (Å²) in [5.74, 6) is 0. The average Bonchev–Trinajstić information content (AvgIpc) is 3.09.